The number of hydrogen-bond acceptors (Lipinski definition) is 4. The Morgan fingerprint density at radius 1 is 1.12 bits per heavy atom. The molecule has 1 aromatic carbocycles. The number of aliphatic hydroxyl groups is 1. The third kappa shape index (κ3) is 5.07. The SMILES string of the molecule is Cc1cccc(CN(Cc2ccco2)CC(O)Cn2nc(C)cc2C)c1. The molecule has 0 saturated heterocycles. The van der Waals surface area contributed by atoms with Crippen LogP contribution in [0.4, 0.5) is 0 Å². The van der Waals surface area contributed by atoms with Gasteiger partial charge in [0, 0.05) is 18.8 Å². The minimum absolute atomic E-state index is 0.488. The highest BCUT2D eigenvalue weighted by atomic mass is 16.3. The number of aliphatic hydroxyl groups excluding tert-OH is 1. The molecule has 0 saturated carbocycles. The van der Waals surface area contributed by atoms with Crippen LogP contribution in [0.25, 0.3) is 0 Å². The number of benzene rings is 1. The highest BCUT2D eigenvalue weighted by molar-refractivity contribution is 5.22. The highest BCUT2D eigenvalue weighted by Gasteiger charge is 2.16. The van der Waals surface area contributed by atoms with Crippen molar-refractivity contribution in [1.29, 1.82) is 0 Å². The zero-order valence-corrected chi connectivity index (χ0v) is 15.7. The maximum Gasteiger partial charge on any atom is 0.117 e. The van der Waals surface area contributed by atoms with Gasteiger partial charge >= 0.3 is 0 Å². The third-order valence-corrected chi connectivity index (χ3v) is 4.40. The van der Waals surface area contributed by atoms with Crippen LogP contribution in [-0.4, -0.2) is 32.4 Å². The smallest absolute Gasteiger partial charge is 0.117 e. The van der Waals surface area contributed by atoms with Crippen molar-refractivity contribution in [1.82, 2.24) is 14.7 Å². The van der Waals surface area contributed by atoms with E-state index in [9.17, 15) is 5.11 Å². The number of hydrogen-bond donors (Lipinski definition) is 1. The van der Waals surface area contributed by atoms with Crippen LogP contribution in [0.1, 0.15) is 28.3 Å². The lowest BCUT2D eigenvalue weighted by molar-refractivity contribution is 0.0839. The van der Waals surface area contributed by atoms with Gasteiger partial charge in [0.05, 0.1) is 31.2 Å². The second kappa shape index (κ2) is 8.34. The van der Waals surface area contributed by atoms with Gasteiger partial charge in [-0.3, -0.25) is 9.58 Å². The van der Waals surface area contributed by atoms with Gasteiger partial charge in [0.25, 0.3) is 0 Å². The summed E-state index contributed by atoms with van der Waals surface area (Å²) in [5, 5.41) is 15.1. The molecule has 0 fully saturated rings. The summed E-state index contributed by atoms with van der Waals surface area (Å²) in [6.07, 6.45) is 1.18. The van der Waals surface area contributed by atoms with E-state index in [1.165, 1.54) is 11.1 Å². The standard InChI is InChI=1S/C21H27N3O2/c1-16-6-4-7-19(10-16)12-23(15-21-8-5-9-26-21)13-20(25)14-24-18(3)11-17(2)22-24/h4-11,20,25H,12-15H2,1-3H3. The molecule has 1 N–H and O–H groups in total. The van der Waals surface area contributed by atoms with Gasteiger partial charge in [-0.25, -0.2) is 0 Å². The van der Waals surface area contributed by atoms with Crippen molar-refractivity contribution in [3.8, 4) is 0 Å². The third-order valence-electron chi connectivity index (χ3n) is 4.40. The minimum atomic E-state index is -0.507. The molecule has 1 unspecified atom stereocenters. The Morgan fingerprint density at radius 2 is 1.96 bits per heavy atom. The second-order valence-corrected chi connectivity index (χ2v) is 7.00. The summed E-state index contributed by atoms with van der Waals surface area (Å²) in [7, 11) is 0. The van der Waals surface area contributed by atoms with Crippen LogP contribution in [-0.2, 0) is 19.6 Å². The first kappa shape index (κ1) is 18.4. The van der Waals surface area contributed by atoms with Crippen LogP contribution >= 0.6 is 0 Å². The average Bonchev–Trinajstić information content (AvgIpc) is 3.17. The molecule has 1 atom stereocenters. The molecular weight excluding hydrogens is 326 g/mol. The Morgan fingerprint density at radius 3 is 2.62 bits per heavy atom. The van der Waals surface area contributed by atoms with Crippen LogP contribution in [0.2, 0.25) is 0 Å². The van der Waals surface area contributed by atoms with E-state index in [0.29, 0.717) is 19.6 Å². The maximum absolute atomic E-state index is 10.6. The van der Waals surface area contributed by atoms with Gasteiger partial charge in [0.15, 0.2) is 0 Å². The zero-order valence-electron chi connectivity index (χ0n) is 15.7. The van der Waals surface area contributed by atoms with Crippen molar-refractivity contribution in [2.24, 2.45) is 0 Å². The van der Waals surface area contributed by atoms with Gasteiger partial charge in [0.1, 0.15) is 5.76 Å². The first-order valence-corrected chi connectivity index (χ1v) is 8.99. The predicted molar refractivity (Wildman–Crippen MR) is 102 cm³/mol. The van der Waals surface area contributed by atoms with Crippen molar-refractivity contribution in [3.63, 3.8) is 0 Å². The summed E-state index contributed by atoms with van der Waals surface area (Å²) < 4.78 is 7.38. The van der Waals surface area contributed by atoms with E-state index in [4.69, 9.17) is 4.42 Å². The maximum atomic E-state index is 10.6. The Bertz CT molecular complexity index is 824. The van der Waals surface area contributed by atoms with E-state index in [2.05, 4.69) is 41.2 Å². The predicted octanol–water partition coefficient (Wildman–Crippen LogP) is 3.46. The molecule has 2 heterocycles. The molecular formula is C21H27N3O2. The molecule has 0 aliphatic rings. The molecule has 5 nitrogen and oxygen atoms in total. The number of nitrogens with zero attached hydrogens (tertiary/aromatic N) is 3. The highest BCUT2D eigenvalue weighted by Crippen LogP contribution is 2.13. The van der Waals surface area contributed by atoms with Gasteiger partial charge < -0.3 is 9.52 Å². The van der Waals surface area contributed by atoms with Gasteiger partial charge in [-0.05, 0) is 44.5 Å². The van der Waals surface area contributed by atoms with E-state index in [0.717, 1.165) is 23.7 Å². The summed E-state index contributed by atoms with van der Waals surface area (Å²) in [6, 6.07) is 14.4. The number of furan rings is 1. The van der Waals surface area contributed by atoms with Crippen LogP contribution in [0.15, 0.2) is 53.1 Å². The van der Waals surface area contributed by atoms with Crippen molar-refractivity contribution in [2.45, 2.75) is 46.5 Å². The quantitative estimate of drug-likeness (QED) is 0.674. The fraction of sp³-hybridized carbons (Fsp3) is 0.381. The molecule has 0 aliphatic heterocycles. The van der Waals surface area contributed by atoms with Crippen molar-refractivity contribution in [2.75, 3.05) is 6.54 Å². The first-order valence-electron chi connectivity index (χ1n) is 8.99. The topological polar surface area (TPSA) is 54.4 Å². The Balaban J connectivity index is 1.68. The normalized spacial score (nSPS) is 12.7. The number of aromatic nitrogens is 2. The van der Waals surface area contributed by atoms with Gasteiger partial charge in [0.2, 0.25) is 0 Å². The molecule has 0 aliphatic carbocycles. The Labute approximate surface area is 154 Å². The van der Waals surface area contributed by atoms with E-state index in [-0.39, 0.29) is 0 Å². The first-order chi connectivity index (χ1) is 12.5. The van der Waals surface area contributed by atoms with E-state index >= 15 is 0 Å². The zero-order chi connectivity index (χ0) is 18.5. The molecule has 2 aromatic heterocycles. The van der Waals surface area contributed by atoms with Crippen LogP contribution < -0.4 is 0 Å². The summed E-state index contributed by atoms with van der Waals surface area (Å²) >= 11 is 0. The summed E-state index contributed by atoms with van der Waals surface area (Å²) in [6.45, 7) is 8.54. The number of aryl methyl sites for hydroxylation is 3. The van der Waals surface area contributed by atoms with Gasteiger partial charge in [-0.1, -0.05) is 29.8 Å². The lowest BCUT2D eigenvalue weighted by Crippen LogP contribution is -2.34. The lowest BCUT2D eigenvalue weighted by Gasteiger charge is -2.25. The van der Waals surface area contributed by atoms with Crippen molar-refractivity contribution in [3.05, 3.63) is 77.0 Å². The molecule has 5 heteroatoms. The van der Waals surface area contributed by atoms with Crippen LogP contribution in [0.5, 0.6) is 0 Å². The van der Waals surface area contributed by atoms with Crippen LogP contribution in [0, 0.1) is 20.8 Å². The van der Waals surface area contributed by atoms with E-state index < -0.39 is 6.10 Å². The fourth-order valence-corrected chi connectivity index (χ4v) is 3.29. The van der Waals surface area contributed by atoms with E-state index in [1.807, 2.05) is 36.7 Å². The largest absolute Gasteiger partial charge is 0.468 e. The Kier molecular flexibility index (Phi) is 5.91. The fourth-order valence-electron chi connectivity index (χ4n) is 3.29. The Hall–Kier alpha value is -2.37. The summed E-state index contributed by atoms with van der Waals surface area (Å²) in [4.78, 5) is 2.21. The molecule has 0 spiro atoms. The number of rotatable bonds is 8. The average molecular weight is 353 g/mol. The monoisotopic (exact) mass is 353 g/mol. The summed E-state index contributed by atoms with van der Waals surface area (Å²) in [5.41, 5.74) is 4.51. The minimum Gasteiger partial charge on any atom is -0.468 e. The lowest BCUT2D eigenvalue weighted by atomic mass is 10.1. The van der Waals surface area contributed by atoms with E-state index in [1.54, 1.807) is 6.26 Å². The van der Waals surface area contributed by atoms with Crippen LogP contribution in [0.3, 0.4) is 0 Å². The van der Waals surface area contributed by atoms with Gasteiger partial charge in [-0.2, -0.15) is 5.10 Å². The molecule has 26 heavy (non-hydrogen) atoms. The molecule has 0 amide bonds. The second-order valence-electron chi connectivity index (χ2n) is 7.00. The molecule has 0 radical (unpaired) electrons. The molecule has 0 bridgehead atoms. The van der Waals surface area contributed by atoms with Crippen molar-refractivity contribution >= 4 is 0 Å². The molecule has 3 rings (SSSR count). The summed E-state index contributed by atoms with van der Waals surface area (Å²) in [5.74, 6) is 0.899. The van der Waals surface area contributed by atoms with Crippen molar-refractivity contribution < 1.29 is 9.52 Å². The molecule has 138 valence electrons. The van der Waals surface area contributed by atoms with Gasteiger partial charge in [-0.15, -0.1) is 0 Å². The molecule has 3 aromatic rings.